The van der Waals surface area contributed by atoms with Crippen molar-refractivity contribution in [3.05, 3.63) is 24.0 Å². The molecule has 0 saturated heterocycles. The number of anilines is 1. The molecule has 0 aliphatic heterocycles. The number of hydrogen-bond acceptors (Lipinski definition) is 5. The van der Waals surface area contributed by atoms with Gasteiger partial charge in [-0.3, -0.25) is 0 Å². The molecule has 0 amide bonds. The van der Waals surface area contributed by atoms with Gasteiger partial charge < -0.3 is 15.4 Å². The average molecular weight is 261 g/mol. The van der Waals surface area contributed by atoms with E-state index in [1.165, 1.54) is 0 Å². The molecule has 102 valence electrons. The second kappa shape index (κ2) is 5.79. The highest BCUT2D eigenvalue weighted by molar-refractivity contribution is 5.52. The van der Waals surface area contributed by atoms with Crippen LogP contribution in [0.3, 0.4) is 0 Å². The number of pyridine rings is 1. The maximum Gasteiger partial charge on any atom is 0.182 e. The lowest BCUT2D eigenvalue weighted by Crippen LogP contribution is -2.10. The summed E-state index contributed by atoms with van der Waals surface area (Å²) in [6.45, 7) is 4.19. The van der Waals surface area contributed by atoms with Gasteiger partial charge in [-0.05, 0) is 38.8 Å². The van der Waals surface area contributed by atoms with Gasteiger partial charge in [-0.2, -0.15) is 0 Å². The SMILES string of the molecule is Cc1nnc(-c2cccc(N)n2)n1[C@@H](C)CCCO. The molecular weight excluding hydrogens is 242 g/mol. The summed E-state index contributed by atoms with van der Waals surface area (Å²) in [6.07, 6.45) is 1.62. The zero-order valence-corrected chi connectivity index (χ0v) is 11.2. The monoisotopic (exact) mass is 261 g/mol. The highest BCUT2D eigenvalue weighted by Gasteiger charge is 2.17. The van der Waals surface area contributed by atoms with Crippen LogP contribution < -0.4 is 5.73 Å². The van der Waals surface area contributed by atoms with Crippen molar-refractivity contribution in [2.24, 2.45) is 0 Å². The molecule has 0 unspecified atom stereocenters. The first-order valence-electron chi connectivity index (χ1n) is 6.38. The van der Waals surface area contributed by atoms with Crippen LogP contribution in [0.15, 0.2) is 18.2 Å². The van der Waals surface area contributed by atoms with Gasteiger partial charge in [0.25, 0.3) is 0 Å². The van der Waals surface area contributed by atoms with Gasteiger partial charge in [0.15, 0.2) is 5.82 Å². The fourth-order valence-electron chi connectivity index (χ4n) is 2.16. The van der Waals surface area contributed by atoms with Gasteiger partial charge in [-0.25, -0.2) is 4.98 Å². The molecule has 2 aromatic rings. The number of nitrogens with zero attached hydrogens (tertiary/aromatic N) is 4. The quantitative estimate of drug-likeness (QED) is 0.852. The predicted molar refractivity (Wildman–Crippen MR) is 73.4 cm³/mol. The maximum atomic E-state index is 8.94. The number of aliphatic hydroxyl groups excluding tert-OH is 1. The lowest BCUT2D eigenvalue weighted by atomic mass is 10.1. The summed E-state index contributed by atoms with van der Waals surface area (Å²) in [5.74, 6) is 2.02. The third kappa shape index (κ3) is 2.90. The van der Waals surface area contributed by atoms with Gasteiger partial charge in [-0.15, -0.1) is 10.2 Å². The normalized spacial score (nSPS) is 12.6. The fraction of sp³-hybridized carbons (Fsp3) is 0.462. The molecule has 0 spiro atoms. The fourth-order valence-corrected chi connectivity index (χ4v) is 2.16. The van der Waals surface area contributed by atoms with E-state index in [0.29, 0.717) is 5.82 Å². The van der Waals surface area contributed by atoms with E-state index in [9.17, 15) is 0 Å². The van der Waals surface area contributed by atoms with E-state index in [1.54, 1.807) is 6.07 Å². The van der Waals surface area contributed by atoms with E-state index in [2.05, 4.69) is 22.1 Å². The highest BCUT2D eigenvalue weighted by atomic mass is 16.2. The molecule has 6 heteroatoms. The van der Waals surface area contributed by atoms with Crippen LogP contribution in [-0.4, -0.2) is 31.5 Å². The van der Waals surface area contributed by atoms with Crippen LogP contribution in [0.25, 0.3) is 11.5 Å². The number of nitrogens with two attached hydrogens (primary N) is 1. The Bertz CT molecular complexity index is 552. The second-order valence-corrected chi connectivity index (χ2v) is 4.60. The summed E-state index contributed by atoms with van der Waals surface area (Å²) in [6, 6.07) is 5.67. The third-order valence-corrected chi connectivity index (χ3v) is 3.09. The van der Waals surface area contributed by atoms with Crippen LogP contribution in [0.4, 0.5) is 5.82 Å². The molecule has 0 bridgehead atoms. The minimum absolute atomic E-state index is 0.192. The number of aryl methyl sites for hydroxylation is 1. The van der Waals surface area contributed by atoms with Crippen LogP contribution in [0.2, 0.25) is 0 Å². The van der Waals surface area contributed by atoms with Gasteiger partial charge >= 0.3 is 0 Å². The zero-order chi connectivity index (χ0) is 13.8. The molecule has 0 aliphatic rings. The molecule has 6 nitrogen and oxygen atoms in total. The first kappa shape index (κ1) is 13.5. The summed E-state index contributed by atoms with van der Waals surface area (Å²) in [5.41, 5.74) is 6.43. The van der Waals surface area contributed by atoms with Gasteiger partial charge in [0.1, 0.15) is 17.3 Å². The first-order chi connectivity index (χ1) is 9.13. The van der Waals surface area contributed by atoms with E-state index in [-0.39, 0.29) is 12.6 Å². The van der Waals surface area contributed by atoms with Crippen molar-refractivity contribution in [3.63, 3.8) is 0 Å². The number of rotatable bonds is 5. The minimum Gasteiger partial charge on any atom is -0.396 e. The lowest BCUT2D eigenvalue weighted by molar-refractivity contribution is 0.273. The van der Waals surface area contributed by atoms with Crippen LogP contribution in [0.1, 0.15) is 31.6 Å². The summed E-state index contributed by atoms with van der Waals surface area (Å²) >= 11 is 0. The molecule has 0 aromatic carbocycles. The largest absolute Gasteiger partial charge is 0.396 e. The molecule has 19 heavy (non-hydrogen) atoms. The molecule has 2 rings (SSSR count). The Morgan fingerprint density at radius 1 is 1.37 bits per heavy atom. The van der Waals surface area contributed by atoms with Crippen LogP contribution in [-0.2, 0) is 0 Å². The van der Waals surface area contributed by atoms with Crippen LogP contribution >= 0.6 is 0 Å². The first-order valence-corrected chi connectivity index (χ1v) is 6.38. The van der Waals surface area contributed by atoms with E-state index in [1.807, 2.05) is 23.6 Å². The number of nitrogen functional groups attached to an aromatic ring is 1. The van der Waals surface area contributed by atoms with Gasteiger partial charge in [0, 0.05) is 12.6 Å². The molecule has 0 aliphatic carbocycles. The Balaban J connectivity index is 2.37. The lowest BCUT2D eigenvalue weighted by Gasteiger charge is -2.16. The standard InChI is InChI=1S/C13H19N5O/c1-9(5-4-8-19)18-10(2)16-17-13(18)11-6-3-7-12(14)15-11/h3,6-7,9,19H,4-5,8H2,1-2H3,(H2,14,15)/t9-/m0/s1. The highest BCUT2D eigenvalue weighted by Crippen LogP contribution is 2.23. The summed E-state index contributed by atoms with van der Waals surface area (Å²) in [4.78, 5) is 4.29. The minimum atomic E-state index is 0.192. The zero-order valence-electron chi connectivity index (χ0n) is 11.2. The Hall–Kier alpha value is -1.95. The molecule has 1 atom stereocenters. The maximum absolute atomic E-state index is 8.94. The van der Waals surface area contributed by atoms with E-state index in [4.69, 9.17) is 10.8 Å². The van der Waals surface area contributed by atoms with Crippen LogP contribution in [0.5, 0.6) is 0 Å². The average Bonchev–Trinajstić information content (AvgIpc) is 2.78. The summed E-state index contributed by atoms with van der Waals surface area (Å²) < 4.78 is 2.04. The molecule has 2 aromatic heterocycles. The van der Waals surface area contributed by atoms with Gasteiger partial charge in [0.05, 0.1) is 0 Å². The number of aromatic nitrogens is 4. The van der Waals surface area contributed by atoms with E-state index in [0.717, 1.165) is 30.2 Å². The predicted octanol–water partition coefficient (Wildman–Crippen LogP) is 1.56. The van der Waals surface area contributed by atoms with Crippen molar-refractivity contribution in [2.45, 2.75) is 32.7 Å². The smallest absolute Gasteiger partial charge is 0.182 e. The van der Waals surface area contributed by atoms with Gasteiger partial charge in [0.2, 0.25) is 0 Å². The van der Waals surface area contributed by atoms with Crippen molar-refractivity contribution >= 4 is 5.82 Å². The molecule has 0 fully saturated rings. The van der Waals surface area contributed by atoms with Crippen molar-refractivity contribution < 1.29 is 5.11 Å². The van der Waals surface area contributed by atoms with Crippen molar-refractivity contribution in [3.8, 4) is 11.5 Å². The van der Waals surface area contributed by atoms with E-state index >= 15 is 0 Å². The molecular formula is C13H19N5O. The Labute approximate surface area is 112 Å². The van der Waals surface area contributed by atoms with E-state index < -0.39 is 0 Å². The third-order valence-electron chi connectivity index (χ3n) is 3.09. The topological polar surface area (TPSA) is 89.9 Å². The van der Waals surface area contributed by atoms with Crippen LogP contribution in [0, 0.1) is 6.92 Å². The van der Waals surface area contributed by atoms with Crippen molar-refractivity contribution in [2.75, 3.05) is 12.3 Å². The Morgan fingerprint density at radius 2 is 2.16 bits per heavy atom. The number of aliphatic hydroxyl groups is 1. The van der Waals surface area contributed by atoms with Gasteiger partial charge in [-0.1, -0.05) is 6.07 Å². The van der Waals surface area contributed by atoms with Crippen molar-refractivity contribution in [1.29, 1.82) is 0 Å². The molecule has 3 N–H and O–H groups in total. The molecule has 2 heterocycles. The number of hydrogen-bond donors (Lipinski definition) is 2. The molecule has 0 saturated carbocycles. The Kier molecular flexibility index (Phi) is 4.11. The summed E-state index contributed by atoms with van der Waals surface area (Å²) in [7, 11) is 0. The van der Waals surface area contributed by atoms with Crippen molar-refractivity contribution in [1.82, 2.24) is 19.7 Å². The summed E-state index contributed by atoms with van der Waals surface area (Å²) in [5, 5.41) is 17.2. The molecule has 0 radical (unpaired) electrons. The Morgan fingerprint density at radius 3 is 2.84 bits per heavy atom. The second-order valence-electron chi connectivity index (χ2n) is 4.60.